The van der Waals surface area contributed by atoms with Crippen LogP contribution in [0, 0.1) is 0 Å². The van der Waals surface area contributed by atoms with Gasteiger partial charge in [-0.15, -0.1) is 0 Å². The van der Waals surface area contributed by atoms with Crippen molar-refractivity contribution in [1.82, 2.24) is 10.3 Å². The van der Waals surface area contributed by atoms with Crippen molar-refractivity contribution in [2.24, 2.45) is 0 Å². The number of benzene rings is 2. The maximum atomic E-state index is 13.1. The summed E-state index contributed by atoms with van der Waals surface area (Å²) in [6, 6.07) is 18.5. The van der Waals surface area contributed by atoms with Gasteiger partial charge in [-0.05, 0) is 64.7 Å². The highest BCUT2D eigenvalue weighted by Gasteiger charge is 2.19. The van der Waals surface area contributed by atoms with Crippen LogP contribution in [0.1, 0.15) is 48.5 Å². The maximum absolute atomic E-state index is 13.1. The lowest BCUT2D eigenvalue weighted by atomic mass is 10.1. The predicted molar refractivity (Wildman–Crippen MR) is 159 cm³/mol. The van der Waals surface area contributed by atoms with Crippen LogP contribution in [0.25, 0.3) is 0 Å². The van der Waals surface area contributed by atoms with Gasteiger partial charge in [0.15, 0.2) is 0 Å². The minimum absolute atomic E-state index is 0.0268. The lowest BCUT2D eigenvalue weighted by Crippen LogP contribution is -2.36. The number of pyridine rings is 1. The van der Waals surface area contributed by atoms with Crippen LogP contribution in [0.5, 0.6) is 0 Å². The third kappa shape index (κ3) is 10.7. The first-order chi connectivity index (χ1) is 19.5. The molecule has 1 aromatic heterocycles. The molecule has 0 fully saturated rings. The van der Waals surface area contributed by atoms with E-state index in [0.717, 1.165) is 12.8 Å². The number of anilines is 2. The number of aromatic nitrogens is 1. The normalized spacial score (nSPS) is 10.4. The zero-order valence-corrected chi connectivity index (χ0v) is 24.2. The first-order valence-electron chi connectivity index (χ1n) is 13.4. The first-order valence-corrected chi connectivity index (χ1v) is 14.2. The molecule has 212 valence electrons. The summed E-state index contributed by atoms with van der Waals surface area (Å²) >= 11 is 3.33. The molecule has 3 aromatic rings. The standard InChI is InChI=1S/C30H35BrN4O5/c1-2-3-4-6-9-23-12-14-26(15-13-23)34-30(38)39-18-16-33-29(37)40-19-17-35(27-10-7-5-8-11-27)28(36)24-20-25(31)22-32-21-24/h5,7-8,10-15,20-22H,2-4,6,9,16-19H2,1H3,(H,33,37)(H,34,38). The summed E-state index contributed by atoms with van der Waals surface area (Å²) in [5.41, 5.74) is 2.94. The number of hydrogen-bond donors (Lipinski definition) is 2. The second-order valence-corrected chi connectivity index (χ2v) is 9.93. The van der Waals surface area contributed by atoms with Gasteiger partial charge in [0, 0.05) is 28.2 Å². The van der Waals surface area contributed by atoms with Crippen LogP contribution in [0.2, 0.25) is 0 Å². The number of alkyl carbamates (subject to hydrolysis) is 1. The van der Waals surface area contributed by atoms with Crippen molar-refractivity contribution in [1.29, 1.82) is 0 Å². The Balaban J connectivity index is 1.36. The second-order valence-electron chi connectivity index (χ2n) is 9.02. The fourth-order valence-corrected chi connectivity index (χ4v) is 4.25. The number of rotatable bonds is 14. The van der Waals surface area contributed by atoms with Gasteiger partial charge in [0.1, 0.15) is 13.2 Å². The van der Waals surface area contributed by atoms with Gasteiger partial charge in [0.2, 0.25) is 0 Å². The van der Waals surface area contributed by atoms with E-state index in [4.69, 9.17) is 9.47 Å². The maximum Gasteiger partial charge on any atom is 0.411 e. The minimum Gasteiger partial charge on any atom is -0.448 e. The van der Waals surface area contributed by atoms with Crippen molar-refractivity contribution in [2.45, 2.75) is 39.0 Å². The summed E-state index contributed by atoms with van der Waals surface area (Å²) in [4.78, 5) is 42.8. The number of carbonyl (C=O) groups excluding carboxylic acids is 3. The second kappa shape index (κ2) is 16.9. The van der Waals surface area contributed by atoms with Crippen LogP contribution in [0.4, 0.5) is 21.0 Å². The van der Waals surface area contributed by atoms with Crippen molar-refractivity contribution in [2.75, 3.05) is 36.5 Å². The Labute approximate surface area is 243 Å². The van der Waals surface area contributed by atoms with Gasteiger partial charge in [-0.1, -0.05) is 56.5 Å². The molecule has 40 heavy (non-hydrogen) atoms. The van der Waals surface area contributed by atoms with Crippen molar-refractivity contribution in [3.05, 3.63) is 88.7 Å². The highest BCUT2D eigenvalue weighted by molar-refractivity contribution is 9.10. The molecule has 0 spiro atoms. The number of carbonyl (C=O) groups is 3. The number of aryl methyl sites for hydroxylation is 1. The molecule has 9 nitrogen and oxygen atoms in total. The molecule has 0 aliphatic carbocycles. The number of nitrogens with one attached hydrogen (secondary N) is 2. The average molecular weight is 612 g/mol. The van der Waals surface area contributed by atoms with E-state index in [1.165, 1.54) is 35.9 Å². The van der Waals surface area contributed by atoms with Crippen molar-refractivity contribution in [3.63, 3.8) is 0 Å². The zero-order chi connectivity index (χ0) is 28.6. The van der Waals surface area contributed by atoms with Crippen LogP contribution >= 0.6 is 15.9 Å². The molecule has 3 amide bonds. The molecule has 0 aliphatic rings. The van der Waals surface area contributed by atoms with E-state index in [9.17, 15) is 14.4 Å². The molecular formula is C30H35BrN4O5. The summed E-state index contributed by atoms with van der Waals surface area (Å²) in [5, 5.41) is 5.21. The lowest BCUT2D eigenvalue weighted by Gasteiger charge is -2.23. The van der Waals surface area contributed by atoms with Gasteiger partial charge in [0.25, 0.3) is 5.91 Å². The quantitative estimate of drug-likeness (QED) is 0.199. The first kappa shape index (κ1) is 30.6. The Bertz CT molecular complexity index is 1220. The Morgan fingerprint density at radius 3 is 2.38 bits per heavy atom. The Hall–Kier alpha value is -3.92. The Morgan fingerprint density at radius 1 is 0.900 bits per heavy atom. The van der Waals surface area contributed by atoms with E-state index in [-0.39, 0.29) is 32.2 Å². The monoisotopic (exact) mass is 610 g/mol. The number of hydrogen-bond acceptors (Lipinski definition) is 6. The number of halogens is 1. The molecule has 0 saturated carbocycles. The van der Waals surface area contributed by atoms with Crippen molar-refractivity contribution >= 4 is 45.4 Å². The third-order valence-corrected chi connectivity index (χ3v) is 6.37. The van der Waals surface area contributed by atoms with Crippen LogP contribution in [-0.2, 0) is 15.9 Å². The molecule has 0 atom stereocenters. The predicted octanol–water partition coefficient (Wildman–Crippen LogP) is 6.59. The van der Waals surface area contributed by atoms with E-state index in [0.29, 0.717) is 21.4 Å². The van der Waals surface area contributed by atoms with Crippen LogP contribution in [-0.4, -0.2) is 49.4 Å². The van der Waals surface area contributed by atoms with E-state index >= 15 is 0 Å². The number of ether oxygens (including phenoxy) is 2. The minimum atomic E-state index is -0.678. The third-order valence-electron chi connectivity index (χ3n) is 5.94. The summed E-state index contributed by atoms with van der Waals surface area (Å²) in [6.07, 6.45) is 7.66. The number of nitrogens with zero attached hydrogens (tertiary/aromatic N) is 2. The largest absolute Gasteiger partial charge is 0.448 e. The van der Waals surface area contributed by atoms with Gasteiger partial charge in [-0.2, -0.15) is 0 Å². The molecule has 2 aromatic carbocycles. The molecule has 0 bridgehead atoms. The molecule has 0 radical (unpaired) electrons. The highest BCUT2D eigenvalue weighted by Crippen LogP contribution is 2.18. The van der Waals surface area contributed by atoms with E-state index in [1.54, 1.807) is 24.4 Å². The molecule has 0 unspecified atom stereocenters. The fourth-order valence-electron chi connectivity index (χ4n) is 3.88. The van der Waals surface area contributed by atoms with Gasteiger partial charge in [-0.3, -0.25) is 15.1 Å². The summed E-state index contributed by atoms with van der Waals surface area (Å²) in [7, 11) is 0. The van der Waals surface area contributed by atoms with E-state index in [2.05, 4.69) is 38.5 Å². The van der Waals surface area contributed by atoms with Gasteiger partial charge < -0.3 is 19.7 Å². The molecule has 0 saturated heterocycles. The van der Waals surface area contributed by atoms with Gasteiger partial charge in [-0.25, -0.2) is 9.59 Å². The molecule has 3 rings (SSSR count). The molecule has 10 heteroatoms. The van der Waals surface area contributed by atoms with Crippen LogP contribution in [0.3, 0.4) is 0 Å². The summed E-state index contributed by atoms with van der Waals surface area (Å²) in [6.45, 7) is 2.34. The SMILES string of the molecule is CCCCCCc1ccc(NC(=O)OCCNC(=O)OCCN(C(=O)c2cncc(Br)c2)c2ccccc2)cc1. The van der Waals surface area contributed by atoms with E-state index in [1.807, 2.05) is 42.5 Å². The summed E-state index contributed by atoms with van der Waals surface area (Å²) in [5.74, 6) is -0.273. The number of unbranched alkanes of at least 4 members (excludes halogenated alkanes) is 3. The number of para-hydroxylation sites is 1. The van der Waals surface area contributed by atoms with E-state index < -0.39 is 12.2 Å². The van der Waals surface area contributed by atoms with Gasteiger partial charge >= 0.3 is 12.2 Å². The van der Waals surface area contributed by atoms with Crippen LogP contribution < -0.4 is 15.5 Å². The van der Waals surface area contributed by atoms with Gasteiger partial charge in [0.05, 0.1) is 18.7 Å². The van der Waals surface area contributed by atoms with Crippen molar-refractivity contribution < 1.29 is 23.9 Å². The Kier molecular flexibility index (Phi) is 12.9. The molecule has 0 aliphatic heterocycles. The van der Waals surface area contributed by atoms with Crippen molar-refractivity contribution in [3.8, 4) is 0 Å². The smallest absolute Gasteiger partial charge is 0.411 e. The number of amides is 3. The lowest BCUT2D eigenvalue weighted by molar-refractivity contribution is 0.0972. The fraction of sp³-hybridized carbons (Fsp3) is 0.333. The zero-order valence-electron chi connectivity index (χ0n) is 22.6. The molecule has 1 heterocycles. The Morgan fingerprint density at radius 2 is 1.65 bits per heavy atom. The van der Waals surface area contributed by atoms with Crippen LogP contribution in [0.15, 0.2) is 77.5 Å². The summed E-state index contributed by atoms with van der Waals surface area (Å²) < 4.78 is 11.0. The highest BCUT2D eigenvalue weighted by atomic mass is 79.9. The molecular weight excluding hydrogens is 576 g/mol. The topological polar surface area (TPSA) is 110 Å². The average Bonchev–Trinajstić information content (AvgIpc) is 2.97. The molecule has 2 N–H and O–H groups in total.